The number of aryl methyl sites for hydroxylation is 1. The molecule has 0 spiro atoms. The smallest absolute Gasteiger partial charge is 0.137 e. The van der Waals surface area contributed by atoms with Gasteiger partial charge in [0.05, 0.1) is 17.7 Å². The number of nitrogens with zero attached hydrogens (tertiary/aromatic N) is 4. The van der Waals surface area contributed by atoms with Crippen LogP contribution in [0.25, 0.3) is 38.8 Å². The Hall–Kier alpha value is -5.81. The van der Waals surface area contributed by atoms with Crippen LogP contribution in [0.15, 0.2) is 145 Å². The molecular formula is C47H46N4O. The topological polar surface area (TPSA) is 33.5 Å². The van der Waals surface area contributed by atoms with E-state index in [0.29, 0.717) is 18.2 Å². The fraction of sp³-hybridized carbons (Fsp3) is 0.213. The largest absolute Gasteiger partial charge is 0.457 e. The van der Waals surface area contributed by atoms with Crippen LogP contribution in [0.2, 0.25) is 0 Å². The lowest BCUT2D eigenvalue weighted by molar-refractivity contribution is 0.481. The number of fused-ring (bicyclic) bond motifs is 3. The van der Waals surface area contributed by atoms with Gasteiger partial charge in [0.2, 0.25) is 0 Å². The van der Waals surface area contributed by atoms with Gasteiger partial charge in [0.15, 0.2) is 0 Å². The number of benzene rings is 5. The molecule has 0 bridgehead atoms. The second kappa shape index (κ2) is 12.8. The first-order valence-electron chi connectivity index (χ1n) is 19.4. The van der Waals surface area contributed by atoms with Gasteiger partial charge in [-0.05, 0) is 89.1 Å². The van der Waals surface area contributed by atoms with Gasteiger partial charge in [0, 0.05) is 61.9 Å². The maximum absolute atomic E-state index is 8.00. The Balaban J connectivity index is 1.14. The molecule has 0 fully saturated rings. The van der Waals surface area contributed by atoms with E-state index in [1.165, 1.54) is 22.4 Å². The first-order valence-corrected chi connectivity index (χ1v) is 17.9. The second-order valence-electron chi connectivity index (χ2n) is 15.7. The molecule has 5 aromatic carbocycles. The molecule has 0 saturated heterocycles. The van der Waals surface area contributed by atoms with E-state index in [4.69, 9.17) is 8.85 Å². The van der Waals surface area contributed by atoms with Gasteiger partial charge in [0.1, 0.15) is 17.3 Å². The summed E-state index contributed by atoms with van der Waals surface area (Å²) >= 11 is 0. The third kappa shape index (κ3) is 6.32. The highest BCUT2D eigenvalue weighted by molar-refractivity contribution is 6.09. The Labute approximate surface area is 311 Å². The number of para-hydroxylation sites is 1. The van der Waals surface area contributed by atoms with E-state index < -0.39 is 6.85 Å². The van der Waals surface area contributed by atoms with E-state index >= 15 is 0 Å². The van der Waals surface area contributed by atoms with Crippen LogP contribution in [0.4, 0.5) is 11.4 Å². The van der Waals surface area contributed by atoms with E-state index in [1.54, 1.807) is 18.3 Å². The average Bonchev–Trinajstić information content (AvgIpc) is 3.75. The standard InChI is InChI=1S/C47H46N4O/c1-32-22-23-48-45(24-32)51-42-19-12-11-18-40(42)41-21-20-39(29-43(41)51)52-38-17-13-16-36(28-38)50-31-49(30-44(50)47(5,6)7)37-26-34(33-14-9-8-10-15-33)25-35(27-37)46(2,3)4/h8-30H,31H2,1-7H3/i1D3. The predicted molar refractivity (Wildman–Crippen MR) is 218 cm³/mol. The van der Waals surface area contributed by atoms with Crippen LogP contribution in [-0.4, -0.2) is 16.2 Å². The fourth-order valence-electron chi connectivity index (χ4n) is 7.12. The molecule has 5 heteroatoms. The van der Waals surface area contributed by atoms with Gasteiger partial charge in [-0.3, -0.25) is 4.57 Å². The van der Waals surface area contributed by atoms with E-state index in [2.05, 4.69) is 135 Å². The molecule has 0 amide bonds. The van der Waals surface area contributed by atoms with Crippen molar-refractivity contribution in [2.75, 3.05) is 16.5 Å². The molecule has 7 aromatic rings. The zero-order valence-corrected chi connectivity index (χ0v) is 30.7. The van der Waals surface area contributed by atoms with Crippen LogP contribution in [-0.2, 0) is 5.41 Å². The number of hydrogen-bond acceptors (Lipinski definition) is 4. The number of ether oxygens (including phenoxy) is 1. The van der Waals surface area contributed by atoms with Crippen molar-refractivity contribution in [1.82, 2.24) is 9.55 Å². The predicted octanol–water partition coefficient (Wildman–Crippen LogP) is 12.4. The monoisotopic (exact) mass is 685 g/mol. The first kappa shape index (κ1) is 29.9. The van der Waals surface area contributed by atoms with E-state index in [1.807, 2.05) is 47.0 Å². The highest BCUT2D eigenvalue weighted by Crippen LogP contribution is 2.42. The number of anilines is 2. The molecule has 2 aromatic heterocycles. The van der Waals surface area contributed by atoms with Crippen molar-refractivity contribution in [1.29, 1.82) is 0 Å². The Morgan fingerprint density at radius 3 is 2.19 bits per heavy atom. The Morgan fingerprint density at radius 1 is 0.635 bits per heavy atom. The van der Waals surface area contributed by atoms with Crippen LogP contribution < -0.4 is 14.5 Å². The first-order chi connectivity index (χ1) is 26.1. The van der Waals surface area contributed by atoms with Gasteiger partial charge in [-0.2, -0.15) is 0 Å². The lowest BCUT2D eigenvalue weighted by Crippen LogP contribution is -2.30. The third-order valence-electron chi connectivity index (χ3n) is 9.84. The molecule has 0 radical (unpaired) electrons. The normalized spacial score (nSPS) is 14.7. The number of allylic oxidation sites excluding steroid dienone is 1. The molecule has 260 valence electrons. The summed E-state index contributed by atoms with van der Waals surface area (Å²) < 4.78 is 32.6. The van der Waals surface area contributed by atoms with Crippen LogP contribution in [0, 0.1) is 12.3 Å². The summed E-state index contributed by atoms with van der Waals surface area (Å²) in [7, 11) is 0. The van der Waals surface area contributed by atoms with Crippen LogP contribution in [0.5, 0.6) is 11.5 Å². The van der Waals surface area contributed by atoms with Gasteiger partial charge in [-0.25, -0.2) is 4.98 Å². The summed E-state index contributed by atoms with van der Waals surface area (Å²) in [6, 6.07) is 43.2. The zero-order valence-electron chi connectivity index (χ0n) is 33.7. The molecule has 0 N–H and O–H groups in total. The highest BCUT2D eigenvalue weighted by Gasteiger charge is 2.32. The number of pyridine rings is 1. The third-order valence-corrected chi connectivity index (χ3v) is 9.84. The maximum atomic E-state index is 8.00. The highest BCUT2D eigenvalue weighted by atomic mass is 16.5. The number of aromatic nitrogens is 2. The summed E-state index contributed by atoms with van der Waals surface area (Å²) in [6.45, 7) is 12.0. The van der Waals surface area contributed by atoms with Crippen LogP contribution in [0.1, 0.15) is 56.8 Å². The van der Waals surface area contributed by atoms with Crippen molar-refractivity contribution < 1.29 is 8.85 Å². The quantitative estimate of drug-likeness (QED) is 0.174. The molecular weight excluding hydrogens is 637 g/mol. The zero-order chi connectivity index (χ0) is 38.7. The van der Waals surface area contributed by atoms with Crippen molar-refractivity contribution in [3.05, 3.63) is 157 Å². The number of rotatable bonds is 6. The molecule has 8 rings (SSSR count). The molecule has 1 aliphatic rings. The fourth-order valence-corrected chi connectivity index (χ4v) is 7.12. The van der Waals surface area contributed by atoms with Gasteiger partial charge in [-0.1, -0.05) is 102 Å². The van der Waals surface area contributed by atoms with Crippen LogP contribution >= 0.6 is 0 Å². The lowest BCUT2D eigenvalue weighted by atomic mass is 9.85. The van der Waals surface area contributed by atoms with E-state index in [0.717, 1.165) is 38.9 Å². The Morgan fingerprint density at radius 2 is 1.40 bits per heavy atom. The van der Waals surface area contributed by atoms with Gasteiger partial charge >= 0.3 is 0 Å². The molecule has 52 heavy (non-hydrogen) atoms. The van der Waals surface area contributed by atoms with Crippen molar-refractivity contribution in [2.45, 2.75) is 53.8 Å². The SMILES string of the molecule is [2H]C([2H])([2H])c1ccnc(-n2c3ccccc3c3ccc(Oc4cccc(N5CN(c6cc(-c7ccccc7)cc(C(C)(C)C)c6)C=C5C(C)(C)C)c4)cc32)c1. The van der Waals surface area contributed by atoms with Crippen molar-refractivity contribution >= 4 is 33.2 Å². The second-order valence-corrected chi connectivity index (χ2v) is 15.7. The molecule has 0 saturated carbocycles. The molecule has 0 atom stereocenters. The molecule has 1 aliphatic heterocycles. The minimum Gasteiger partial charge on any atom is -0.457 e. The van der Waals surface area contributed by atoms with Crippen LogP contribution in [0.3, 0.4) is 0 Å². The Bertz CT molecular complexity index is 2570. The maximum Gasteiger partial charge on any atom is 0.137 e. The molecule has 3 heterocycles. The summed E-state index contributed by atoms with van der Waals surface area (Å²) in [5.41, 5.74) is 9.04. The molecule has 0 unspecified atom stereocenters. The van der Waals surface area contributed by atoms with Gasteiger partial charge in [0.25, 0.3) is 0 Å². The van der Waals surface area contributed by atoms with E-state index in [-0.39, 0.29) is 16.4 Å². The molecule has 5 nitrogen and oxygen atoms in total. The van der Waals surface area contributed by atoms with Crippen molar-refractivity contribution in [2.24, 2.45) is 5.41 Å². The van der Waals surface area contributed by atoms with Crippen molar-refractivity contribution in [3.8, 4) is 28.4 Å². The molecule has 0 aliphatic carbocycles. The lowest BCUT2D eigenvalue weighted by Gasteiger charge is -2.31. The van der Waals surface area contributed by atoms with Gasteiger partial charge in [-0.15, -0.1) is 0 Å². The van der Waals surface area contributed by atoms with E-state index in [9.17, 15) is 0 Å². The summed E-state index contributed by atoms with van der Waals surface area (Å²) in [6.07, 6.45) is 3.86. The average molecular weight is 686 g/mol. The summed E-state index contributed by atoms with van der Waals surface area (Å²) in [5.74, 6) is 1.93. The summed E-state index contributed by atoms with van der Waals surface area (Å²) in [5, 5.41) is 2.08. The van der Waals surface area contributed by atoms with Crippen molar-refractivity contribution in [3.63, 3.8) is 0 Å². The number of hydrogen-bond donors (Lipinski definition) is 0. The minimum absolute atomic E-state index is 0.0170. The van der Waals surface area contributed by atoms with Gasteiger partial charge < -0.3 is 14.5 Å². The minimum atomic E-state index is -2.24. The Kier molecular flexibility index (Phi) is 7.33. The summed E-state index contributed by atoms with van der Waals surface area (Å²) in [4.78, 5) is 9.35.